The SMILES string of the molecule is CCc1cc(C(C#N)N2CC(O)C2)ccc1N(C)c1cc2c(cn1)ncn2C.CCc1cc(C=O)ccc1N(C)c1cc2c(cn1)ncn2C. The molecule has 1 fully saturated rings. The van der Waals surface area contributed by atoms with Crippen molar-refractivity contribution in [3.63, 3.8) is 0 Å². The number of aryl methyl sites for hydroxylation is 4. The first kappa shape index (κ1) is 34.2. The second-order valence-corrected chi connectivity index (χ2v) is 12.6. The molecule has 256 valence electrons. The van der Waals surface area contributed by atoms with Crippen LogP contribution in [0.3, 0.4) is 0 Å². The van der Waals surface area contributed by atoms with Gasteiger partial charge in [0, 0.05) is 70.4 Å². The van der Waals surface area contributed by atoms with E-state index < -0.39 is 0 Å². The summed E-state index contributed by atoms with van der Waals surface area (Å²) in [6.45, 7) is 5.30. The number of imidazole rings is 2. The average molecular weight is 671 g/mol. The Bertz CT molecular complexity index is 2190. The van der Waals surface area contributed by atoms with Gasteiger partial charge in [-0.25, -0.2) is 19.9 Å². The molecule has 1 unspecified atom stereocenters. The van der Waals surface area contributed by atoms with Crippen LogP contribution in [-0.4, -0.2) is 78.7 Å². The number of aldehydes is 1. The van der Waals surface area contributed by atoms with Gasteiger partial charge in [0.15, 0.2) is 0 Å². The zero-order valence-corrected chi connectivity index (χ0v) is 29.3. The second-order valence-electron chi connectivity index (χ2n) is 12.6. The topological polar surface area (TPSA) is 132 Å². The zero-order chi connectivity index (χ0) is 35.5. The van der Waals surface area contributed by atoms with Crippen molar-refractivity contribution in [3.8, 4) is 6.07 Å². The predicted octanol–water partition coefficient (Wildman–Crippen LogP) is 5.65. The minimum Gasteiger partial charge on any atom is -0.390 e. The summed E-state index contributed by atoms with van der Waals surface area (Å²) in [6.07, 6.45) is 9.42. The molecule has 7 rings (SSSR count). The minimum absolute atomic E-state index is 0.320. The van der Waals surface area contributed by atoms with Crippen molar-refractivity contribution in [3.05, 3.63) is 95.8 Å². The lowest BCUT2D eigenvalue weighted by Gasteiger charge is -2.39. The lowest BCUT2D eigenvalue weighted by molar-refractivity contribution is -0.0127. The van der Waals surface area contributed by atoms with Crippen molar-refractivity contribution in [1.29, 1.82) is 5.26 Å². The van der Waals surface area contributed by atoms with Gasteiger partial charge >= 0.3 is 0 Å². The van der Waals surface area contributed by atoms with Gasteiger partial charge in [-0.15, -0.1) is 0 Å². The van der Waals surface area contributed by atoms with E-state index in [2.05, 4.69) is 56.9 Å². The number of carbonyl (C=O) groups excluding carboxylic acids is 1. The van der Waals surface area contributed by atoms with Crippen LogP contribution in [-0.2, 0) is 26.9 Å². The summed E-state index contributed by atoms with van der Waals surface area (Å²) >= 11 is 0. The molecule has 6 aromatic rings. The third-order valence-electron chi connectivity index (χ3n) is 9.40. The molecule has 4 aromatic heterocycles. The maximum Gasteiger partial charge on any atom is 0.150 e. The number of nitrogens with zero attached hydrogens (tertiary/aromatic N) is 10. The first-order chi connectivity index (χ1) is 24.1. The molecule has 1 aliphatic rings. The fourth-order valence-electron chi connectivity index (χ4n) is 6.39. The monoisotopic (exact) mass is 670 g/mol. The number of aliphatic hydroxyl groups excluding tert-OH is 1. The number of carbonyl (C=O) groups is 1. The van der Waals surface area contributed by atoms with Crippen LogP contribution >= 0.6 is 0 Å². The van der Waals surface area contributed by atoms with Crippen LogP contribution in [0.2, 0.25) is 0 Å². The standard InChI is InChI=1S/C21H24N6O.C17H18N4O/c1-4-14-7-15(20(9-22)27-11-16(28)12-27)5-6-18(14)26(3)21-8-19-17(10-23-21)24-13-25(19)2;1-4-13-7-12(10-22)5-6-15(13)21(3)17-8-16-14(9-18-17)19-11-20(16)2/h5-8,10,13,16,20,28H,4,11-12H2,1-3H3;5-11H,4H2,1-3H3. The van der Waals surface area contributed by atoms with Crippen molar-refractivity contribution in [1.82, 2.24) is 34.0 Å². The van der Waals surface area contributed by atoms with Crippen molar-refractivity contribution in [2.45, 2.75) is 38.8 Å². The van der Waals surface area contributed by atoms with Crippen LogP contribution in [0.1, 0.15) is 46.9 Å². The lowest BCUT2D eigenvalue weighted by atomic mass is 9.97. The van der Waals surface area contributed by atoms with Crippen LogP contribution in [0, 0.1) is 11.3 Å². The van der Waals surface area contributed by atoms with E-state index in [9.17, 15) is 15.2 Å². The molecule has 1 saturated heterocycles. The maximum atomic E-state index is 10.9. The van der Waals surface area contributed by atoms with E-state index >= 15 is 0 Å². The molecule has 2 aromatic carbocycles. The molecule has 1 atom stereocenters. The minimum atomic E-state index is -0.322. The molecule has 0 bridgehead atoms. The summed E-state index contributed by atoms with van der Waals surface area (Å²) in [5, 5.41) is 19.2. The van der Waals surface area contributed by atoms with Crippen molar-refractivity contribution < 1.29 is 9.90 Å². The number of hydrogen-bond acceptors (Lipinski definition) is 10. The van der Waals surface area contributed by atoms with Crippen molar-refractivity contribution in [2.75, 3.05) is 37.0 Å². The number of likely N-dealkylation sites (tertiary alicyclic amines) is 1. The Morgan fingerprint density at radius 1 is 0.840 bits per heavy atom. The predicted molar refractivity (Wildman–Crippen MR) is 196 cm³/mol. The Hall–Kier alpha value is -5.64. The number of pyridine rings is 2. The Balaban J connectivity index is 0.000000178. The molecule has 1 aliphatic heterocycles. The number of fused-ring (bicyclic) bond motifs is 2. The van der Waals surface area contributed by atoms with Gasteiger partial charge in [0.2, 0.25) is 0 Å². The third-order valence-corrected chi connectivity index (χ3v) is 9.40. The summed E-state index contributed by atoms with van der Waals surface area (Å²) in [7, 11) is 7.93. The van der Waals surface area contributed by atoms with E-state index in [-0.39, 0.29) is 12.1 Å². The molecule has 0 amide bonds. The van der Waals surface area contributed by atoms with E-state index in [1.54, 1.807) is 25.0 Å². The van der Waals surface area contributed by atoms with Gasteiger partial charge in [0.25, 0.3) is 0 Å². The van der Waals surface area contributed by atoms with Crippen LogP contribution in [0.4, 0.5) is 23.0 Å². The van der Waals surface area contributed by atoms with Gasteiger partial charge in [0.1, 0.15) is 35.0 Å². The van der Waals surface area contributed by atoms with Crippen LogP contribution in [0.15, 0.2) is 73.6 Å². The number of benzene rings is 2. The largest absolute Gasteiger partial charge is 0.390 e. The summed E-state index contributed by atoms with van der Waals surface area (Å²) in [5.41, 5.74) is 9.91. The molecule has 50 heavy (non-hydrogen) atoms. The Kier molecular flexibility index (Phi) is 9.90. The van der Waals surface area contributed by atoms with E-state index in [1.165, 1.54) is 0 Å². The number of rotatable bonds is 9. The first-order valence-corrected chi connectivity index (χ1v) is 16.7. The first-order valence-electron chi connectivity index (χ1n) is 16.7. The molecular formula is C38H42N10O2. The number of aromatic nitrogens is 6. The molecule has 0 aliphatic carbocycles. The maximum absolute atomic E-state index is 10.9. The highest BCUT2D eigenvalue weighted by molar-refractivity contribution is 5.81. The summed E-state index contributed by atoms with van der Waals surface area (Å²) < 4.78 is 3.96. The van der Waals surface area contributed by atoms with E-state index in [0.29, 0.717) is 18.7 Å². The smallest absolute Gasteiger partial charge is 0.150 e. The van der Waals surface area contributed by atoms with Gasteiger partial charge in [-0.2, -0.15) is 5.26 Å². The van der Waals surface area contributed by atoms with Gasteiger partial charge in [0.05, 0.1) is 48.3 Å². The quantitative estimate of drug-likeness (QED) is 0.193. The highest BCUT2D eigenvalue weighted by Gasteiger charge is 2.32. The Morgan fingerprint density at radius 2 is 1.36 bits per heavy atom. The fourth-order valence-corrected chi connectivity index (χ4v) is 6.39. The Labute approximate surface area is 291 Å². The second kappa shape index (κ2) is 14.5. The van der Waals surface area contributed by atoms with Crippen molar-refractivity contribution in [2.24, 2.45) is 14.1 Å². The Morgan fingerprint density at radius 3 is 1.84 bits per heavy atom. The molecule has 0 saturated carbocycles. The normalized spacial score (nSPS) is 13.7. The van der Waals surface area contributed by atoms with E-state index in [4.69, 9.17) is 0 Å². The summed E-state index contributed by atoms with van der Waals surface area (Å²) in [5.74, 6) is 1.70. The number of nitriles is 1. The van der Waals surface area contributed by atoms with E-state index in [0.717, 1.165) is 80.9 Å². The van der Waals surface area contributed by atoms with Gasteiger partial charge in [-0.05, 0) is 53.8 Å². The third kappa shape index (κ3) is 6.65. The molecular weight excluding hydrogens is 628 g/mol. The number of β-amino-alcohol motifs (C(OH)–C–C–N with tert-alkyl or cyclic N) is 1. The van der Waals surface area contributed by atoms with Crippen LogP contribution in [0.5, 0.6) is 0 Å². The summed E-state index contributed by atoms with van der Waals surface area (Å²) in [4.78, 5) is 34.7. The fraction of sp³-hybridized carbons (Fsp3) is 0.316. The molecule has 0 spiro atoms. The molecule has 5 heterocycles. The molecule has 12 heteroatoms. The van der Waals surface area contributed by atoms with Crippen LogP contribution < -0.4 is 9.80 Å². The molecule has 1 N–H and O–H groups in total. The number of aliphatic hydroxyl groups is 1. The van der Waals surface area contributed by atoms with Crippen LogP contribution in [0.25, 0.3) is 22.1 Å². The number of hydrogen-bond donors (Lipinski definition) is 1. The zero-order valence-electron chi connectivity index (χ0n) is 29.3. The number of anilines is 4. The highest BCUT2D eigenvalue weighted by Crippen LogP contribution is 2.33. The van der Waals surface area contributed by atoms with Crippen molar-refractivity contribution >= 4 is 51.4 Å². The van der Waals surface area contributed by atoms with E-state index in [1.807, 2.05) is 83.5 Å². The average Bonchev–Trinajstić information content (AvgIpc) is 3.71. The van der Waals surface area contributed by atoms with Gasteiger partial charge in [-0.1, -0.05) is 26.0 Å². The summed E-state index contributed by atoms with van der Waals surface area (Å²) in [6, 6.07) is 18.0. The highest BCUT2D eigenvalue weighted by atomic mass is 16.3. The van der Waals surface area contributed by atoms with Gasteiger partial charge < -0.3 is 24.0 Å². The molecule has 12 nitrogen and oxygen atoms in total. The van der Waals surface area contributed by atoms with Gasteiger partial charge in [-0.3, -0.25) is 9.69 Å². The lowest BCUT2D eigenvalue weighted by Crippen LogP contribution is -2.51. The molecule has 0 radical (unpaired) electrons.